The predicted octanol–water partition coefficient (Wildman–Crippen LogP) is 3.89. The Balaban J connectivity index is 1.84. The minimum Gasteiger partial charge on any atom is -0.382 e. The number of rotatable bonds is 5. The van der Waals surface area contributed by atoms with Crippen LogP contribution in [0.15, 0.2) is 54.6 Å². The molecule has 94 valence electrons. The van der Waals surface area contributed by atoms with Crippen LogP contribution in [0.3, 0.4) is 0 Å². The van der Waals surface area contributed by atoms with Crippen LogP contribution in [0, 0.1) is 0 Å². The van der Waals surface area contributed by atoms with Crippen molar-refractivity contribution in [2.45, 2.75) is 0 Å². The van der Waals surface area contributed by atoms with E-state index >= 15 is 0 Å². The van der Waals surface area contributed by atoms with E-state index in [1.807, 2.05) is 42.5 Å². The Hall–Kier alpha value is -1.67. The van der Waals surface area contributed by atoms with Crippen LogP contribution < -0.4 is 10.2 Å². The van der Waals surface area contributed by atoms with Crippen LogP contribution in [0.25, 0.3) is 0 Å². The second-order valence-electron chi connectivity index (χ2n) is 4.16. The number of hydrogen-bond donors (Lipinski definition) is 1. The zero-order valence-corrected chi connectivity index (χ0v) is 11.2. The topological polar surface area (TPSA) is 15.3 Å². The average molecular weight is 261 g/mol. The minimum absolute atomic E-state index is 0.764. The molecule has 1 N–H and O–H groups in total. The van der Waals surface area contributed by atoms with Crippen LogP contribution in [0.5, 0.6) is 0 Å². The summed E-state index contributed by atoms with van der Waals surface area (Å²) < 4.78 is 0. The third kappa shape index (κ3) is 3.41. The zero-order valence-electron chi connectivity index (χ0n) is 10.4. The second kappa shape index (κ2) is 6.31. The van der Waals surface area contributed by atoms with Gasteiger partial charge < -0.3 is 10.2 Å². The second-order valence-corrected chi connectivity index (χ2v) is 4.57. The maximum absolute atomic E-state index is 6.08. The van der Waals surface area contributed by atoms with Crippen LogP contribution in [0.1, 0.15) is 0 Å². The average Bonchev–Trinajstić information content (AvgIpc) is 2.42. The third-order valence-electron chi connectivity index (χ3n) is 2.83. The molecule has 0 aromatic heterocycles. The quantitative estimate of drug-likeness (QED) is 0.878. The fraction of sp³-hybridized carbons (Fsp3) is 0.200. The molecule has 0 aliphatic carbocycles. The van der Waals surface area contributed by atoms with Crippen LogP contribution in [0.4, 0.5) is 11.4 Å². The van der Waals surface area contributed by atoms with Gasteiger partial charge in [-0.3, -0.25) is 0 Å². The van der Waals surface area contributed by atoms with Crippen molar-refractivity contribution in [2.75, 3.05) is 30.4 Å². The number of benzene rings is 2. The molecule has 0 saturated carbocycles. The molecule has 0 fully saturated rings. The first-order chi connectivity index (χ1) is 8.77. The van der Waals surface area contributed by atoms with Crippen molar-refractivity contribution in [1.82, 2.24) is 0 Å². The molecule has 2 rings (SSSR count). The summed E-state index contributed by atoms with van der Waals surface area (Å²) in [5, 5.41) is 4.10. The van der Waals surface area contributed by atoms with E-state index in [9.17, 15) is 0 Å². The normalized spacial score (nSPS) is 10.1. The van der Waals surface area contributed by atoms with Crippen molar-refractivity contribution < 1.29 is 0 Å². The molecule has 18 heavy (non-hydrogen) atoms. The van der Waals surface area contributed by atoms with E-state index in [2.05, 4.69) is 29.4 Å². The Kier molecular flexibility index (Phi) is 4.48. The summed E-state index contributed by atoms with van der Waals surface area (Å²) in [5.74, 6) is 0. The van der Waals surface area contributed by atoms with Crippen LogP contribution in [0.2, 0.25) is 5.02 Å². The van der Waals surface area contributed by atoms with Gasteiger partial charge >= 0.3 is 0 Å². The lowest BCUT2D eigenvalue weighted by Crippen LogP contribution is -2.24. The van der Waals surface area contributed by atoms with E-state index in [0.29, 0.717) is 0 Å². The molecular formula is C15H17ClN2. The molecule has 2 aromatic rings. The maximum atomic E-state index is 6.08. The highest BCUT2D eigenvalue weighted by molar-refractivity contribution is 6.33. The first-order valence-electron chi connectivity index (χ1n) is 6.02. The Morgan fingerprint density at radius 2 is 1.67 bits per heavy atom. The summed E-state index contributed by atoms with van der Waals surface area (Å²) in [6.07, 6.45) is 0. The standard InChI is InChI=1S/C15H17ClN2/c1-18(13-7-3-2-4-8-13)12-11-17-15-10-6-5-9-14(15)16/h2-10,17H,11-12H2,1H3. The van der Waals surface area contributed by atoms with Crippen molar-refractivity contribution in [3.8, 4) is 0 Å². The molecule has 0 saturated heterocycles. The van der Waals surface area contributed by atoms with E-state index in [-0.39, 0.29) is 0 Å². The van der Waals surface area contributed by atoms with Gasteiger partial charge in [0.05, 0.1) is 10.7 Å². The third-order valence-corrected chi connectivity index (χ3v) is 3.16. The van der Waals surface area contributed by atoms with Crippen molar-refractivity contribution >= 4 is 23.0 Å². The Bertz CT molecular complexity index is 485. The lowest BCUT2D eigenvalue weighted by Gasteiger charge is -2.20. The van der Waals surface area contributed by atoms with Crippen molar-refractivity contribution in [2.24, 2.45) is 0 Å². The molecule has 0 aliphatic rings. The van der Waals surface area contributed by atoms with Crippen LogP contribution >= 0.6 is 11.6 Å². The van der Waals surface area contributed by atoms with Gasteiger partial charge in [-0.2, -0.15) is 0 Å². The van der Waals surface area contributed by atoms with Gasteiger partial charge in [-0.25, -0.2) is 0 Å². The fourth-order valence-corrected chi connectivity index (χ4v) is 1.98. The summed E-state index contributed by atoms with van der Waals surface area (Å²) >= 11 is 6.08. The number of nitrogens with one attached hydrogen (secondary N) is 1. The molecule has 0 aliphatic heterocycles. The van der Waals surface area contributed by atoms with E-state index in [1.165, 1.54) is 5.69 Å². The molecule has 0 radical (unpaired) electrons. The highest BCUT2D eigenvalue weighted by Crippen LogP contribution is 2.20. The molecule has 0 atom stereocenters. The summed E-state index contributed by atoms with van der Waals surface area (Å²) in [6, 6.07) is 18.1. The van der Waals surface area contributed by atoms with Gasteiger partial charge in [0.2, 0.25) is 0 Å². The monoisotopic (exact) mass is 260 g/mol. The fourth-order valence-electron chi connectivity index (χ4n) is 1.77. The molecule has 3 heteroatoms. The van der Waals surface area contributed by atoms with Crippen molar-refractivity contribution in [3.05, 3.63) is 59.6 Å². The number of nitrogens with zero attached hydrogens (tertiary/aromatic N) is 1. The molecule has 0 heterocycles. The van der Waals surface area contributed by atoms with Gasteiger partial charge in [-0.15, -0.1) is 0 Å². The first-order valence-corrected chi connectivity index (χ1v) is 6.40. The van der Waals surface area contributed by atoms with E-state index in [0.717, 1.165) is 23.8 Å². The van der Waals surface area contributed by atoms with Gasteiger partial charge in [0.1, 0.15) is 0 Å². The van der Waals surface area contributed by atoms with Crippen molar-refractivity contribution in [1.29, 1.82) is 0 Å². The molecule has 0 unspecified atom stereocenters. The summed E-state index contributed by atoms with van der Waals surface area (Å²) in [6.45, 7) is 1.78. The van der Waals surface area contributed by atoms with Crippen molar-refractivity contribution in [3.63, 3.8) is 0 Å². The van der Waals surface area contributed by atoms with E-state index in [4.69, 9.17) is 11.6 Å². The van der Waals surface area contributed by atoms with Gasteiger partial charge in [-0.05, 0) is 24.3 Å². The number of anilines is 2. The Labute approximate surface area is 113 Å². The van der Waals surface area contributed by atoms with Crippen LogP contribution in [-0.4, -0.2) is 20.1 Å². The van der Waals surface area contributed by atoms with E-state index in [1.54, 1.807) is 0 Å². The number of para-hydroxylation sites is 2. The lowest BCUT2D eigenvalue weighted by molar-refractivity contribution is 0.915. The molecule has 2 nitrogen and oxygen atoms in total. The highest BCUT2D eigenvalue weighted by atomic mass is 35.5. The van der Waals surface area contributed by atoms with Crippen LogP contribution in [-0.2, 0) is 0 Å². The van der Waals surface area contributed by atoms with E-state index < -0.39 is 0 Å². The SMILES string of the molecule is CN(CCNc1ccccc1Cl)c1ccccc1. The molecule has 0 bridgehead atoms. The van der Waals surface area contributed by atoms with Gasteiger partial charge in [0.15, 0.2) is 0 Å². The predicted molar refractivity (Wildman–Crippen MR) is 79.7 cm³/mol. The summed E-state index contributed by atoms with van der Waals surface area (Å²) in [5.41, 5.74) is 2.21. The maximum Gasteiger partial charge on any atom is 0.0637 e. The number of halogens is 1. The van der Waals surface area contributed by atoms with Gasteiger partial charge in [0.25, 0.3) is 0 Å². The number of likely N-dealkylation sites (N-methyl/N-ethyl adjacent to an activating group) is 1. The first kappa shape index (κ1) is 12.8. The molecular weight excluding hydrogens is 244 g/mol. The molecule has 0 spiro atoms. The molecule has 2 aromatic carbocycles. The van der Waals surface area contributed by atoms with Gasteiger partial charge in [-0.1, -0.05) is 41.9 Å². The lowest BCUT2D eigenvalue weighted by atomic mass is 10.3. The Morgan fingerprint density at radius 1 is 1.00 bits per heavy atom. The zero-order chi connectivity index (χ0) is 12.8. The molecule has 0 amide bonds. The highest BCUT2D eigenvalue weighted by Gasteiger charge is 2.00. The summed E-state index contributed by atoms with van der Waals surface area (Å²) in [4.78, 5) is 2.21. The minimum atomic E-state index is 0.764. The van der Waals surface area contributed by atoms with Gasteiger partial charge in [0, 0.05) is 25.8 Å². The number of hydrogen-bond acceptors (Lipinski definition) is 2. The largest absolute Gasteiger partial charge is 0.382 e. The smallest absolute Gasteiger partial charge is 0.0637 e. The Morgan fingerprint density at radius 3 is 2.39 bits per heavy atom. The summed E-state index contributed by atoms with van der Waals surface area (Å²) in [7, 11) is 2.09.